The van der Waals surface area contributed by atoms with E-state index in [2.05, 4.69) is 10.3 Å². The van der Waals surface area contributed by atoms with Gasteiger partial charge in [-0.05, 0) is 44.7 Å². The number of nitrogens with zero attached hydrogens (tertiary/aromatic N) is 2. The number of carbonyl (C=O) groups is 2. The first-order valence-electron chi connectivity index (χ1n) is 10.3. The molecular weight excluding hydrogens is 434 g/mol. The van der Waals surface area contributed by atoms with Gasteiger partial charge in [0.15, 0.2) is 5.13 Å². The van der Waals surface area contributed by atoms with Gasteiger partial charge in [0.1, 0.15) is 5.75 Å². The Labute approximate surface area is 191 Å². The van der Waals surface area contributed by atoms with Crippen LogP contribution >= 0.6 is 23.1 Å². The van der Waals surface area contributed by atoms with Gasteiger partial charge in [-0.2, -0.15) is 0 Å². The summed E-state index contributed by atoms with van der Waals surface area (Å²) in [5.41, 5.74) is -0.0409. The van der Waals surface area contributed by atoms with Gasteiger partial charge in [0.25, 0.3) is 0 Å². The molecule has 2 N–H and O–H groups in total. The number of thioether (sulfide) groups is 1. The van der Waals surface area contributed by atoms with Gasteiger partial charge in [0.05, 0.1) is 22.9 Å². The van der Waals surface area contributed by atoms with Crippen LogP contribution in [0.1, 0.15) is 39.5 Å². The third-order valence-electron chi connectivity index (χ3n) is 5.38. The number of thiazole rings is 1. The molecule has 0 radical (unpaired) electrons. The van der Waals surface area contributed by atoms with Crippen molar-refractivity contribution in [2.45, 2.75) is 43.7 Å². The Morgan fingerprint density at radius 3 is 2.77 bits per heavy atom. The van der Waals surface area contributed by atoms with Crippen LogP contribution in [-0.4, -0.2) is 41.5 Å². The monoisotopic (exact) mass is 463 g/mol. The first-order chi connectivity index (χ1) is 14.8. The maximum absolute atomic E-state index is 13.2. The summed E-state index contributed by atoms with van der Waals surface area (Å²) < 4.78 is 6.20. The van der Waals surface area contributed by atoms with Crippen molar-refractivity contribution in [1.82, 2.24) is 4.98 Å². The lowest BCUT2D eigenvalue weighted by Gasteiger charge is -2.26. The Balaban J connectivity index is 1.70. The standard InChI is InChI=1S/C22H29N3O4S2/c1-22(2,19(26)27)14-30-18-12-23-20(31-18)24-21(28)25(13-15-7-4-5-8-15)16-9-6-10-17(11-16)29-3/h6,9-12,15H,4-5,7-8,13-14H2,1-3H3,(H,26,27)(H,23,24,28). The summed E-state index contributed by atoms with van der Waals surface area (Å²) in [5, 5.41) is 12.7. The number of anilines is 2. The summed E-state index contributed by atoms with van der Waals surface area (Å²) >= 11 is 2.79. The molecule has 1 fully saturated rings. The van der Waals surface area contributed by atoms with Gasteiger partial charge in [-0.3, -0.25) is 15.0 Å². The highest BCUT2D eigenvalue weighted by Crippen LogP contribution is 2.34. The van der Waals surface area contributed by atoms with Crippen LogP contribution < -0.4 is 15.0 Å². The van der Waals surface area contributed by atoms with Crippen LogP contribution in [-0.2, 0) is 4.79 Å². The smallest absolute Gasteiger partial charge is 0.328 e. The number of nitrogens with one attached hydrogen (secondary N) is 1. The minimum Gasteiger partial charge on any atom is -0.497 e. The molecule has 1 aliphatic rings. The van der Waals surface area contributed by atoms with E-state index >= 15 is 0 Å². The molecule has 3 rings (SSSR count). The number of ether oxygens (including phenoxy) is 1. The number of aromatic nitrogens is 1. The van der Waals surface area contributed by atoms with Crippen LogP contribution in [0, 0.1) is 11.3 Å². The predicted octanol–water partition coefficient (Wildman–Crippen LogP) is 5.58. The minimum absolute atomic E-state index is 0.225. The van der Waals surface area contributed by atoms with Crippen LogP contribution in [0.25, 0.3) is 0 Å². The molecule has 7 nitrogen and oxygen atoms in total. The second-order valence-electron chi connectivity index (χ2n) is 8.35. The first kappa shape index (κ1) is 23.4. The lowest BCUT2D eigenvalue weighted by molar-refractivity contribution is -0.145. The van der Waals surface area contributed by atoms with Crippen LogP contribution in [0.2, 0.25) is 0 Å². The van der Waals surface area contributed by atoms with Crippen molar-refractivity contribution in [2.24, 2.45) is 11.3 Å². The third-order valence-corrected chi connectivity index (χ3v) is 7.95. The second-order valence-corrected chi connectivity index (χ2v) is 10.7. The molecule has 9 heteroatoms. The van der Waals surface area contributed by atoms with Gasteiger partial charge in [-0.1, -0.05) is 30.2 Å². The van der Waals surface area contributed by atoms with Crippen molar-refractivity contribution >= 4 is 45.9 Å². The number of rotatable bonds is 9. The number of hydrogen-bond acceptors (Lipinski definition) is 6. The highest BCUT2D eigenvalue weighted by molar-refractivity contribution is 8.01. The highest BCUT2D eigenvalue weighted by atomic mass is 32.2. The molecule has 0 spiro atoms. The zero-order chi connectivity index (χ0) is 22.4. The first-order valence-corrected chi connectivity index (χ1v) is 12.1. The van der Waals surface area contributed by atoms with Crippen molar-refractivity contribution in [2.75, 3.05) is 29.6 Å². The molecule has 1 aliphatic carbocycles. The van der Waals surface area contributed by atoms with Crippen molar-refractivity contribution in [3.05, 3.63) is 30.5 Å². The summed E-state index contributed by atoms with van der Waals surface area (Å²) in [6.45, 7) is 4.04. The zero-order valence-corrected chi connectivity index (χ0v) is 19.7. The average molecular weight is 464 g/mol. The molecule has 1 heterocycles. The summed E-state index contributed by atoms with van der Waals surface area (Å²) in [7, 11) is 1.61. The molecule has 31 heavy (non-hydrogen) atoms. The highest BCUT2D eigenvalue weighted by Gasteiger charge is 2.28. The van der Waals surface area contributed by atoms with Crippen molar-refractivity contribution in [1.29, 1.82) is 0 Å². The SMILES string of the molecule is COc1cccc(N(CC2CCCC2)C(=O)Nc2ncc(SCC(C)(C)C(=O)O)s2)c1. The van der Waals surface area contributed by atoms with E-state index in [1.807, 2.05) is 24.3 Å². The topological polar surface area (TPSA) is 91.8 Å². The quantitative estimate of drug-likeness (QED) is 0.472. The number of benzene rings is 1. The molecule has 1 aromatic carbocycles. The number of methoxy groups -OCH3 is 1. The number of aliphatic carboxylic acids is 1. The molecule has 1 aromatic heterocycles. The Bertz CT molecular complexity index is 910. The molecule has 2 aromatic rings. The Morgan fingerprint density at radius 1 is 1.35 bits per heavy atom. The molecule has 0 unspecified atom stereocenters. The van der Waals surface area contributed by atoms with Crippen molar-refractivity contribution < 1.29 is 19.4 Å². The summed E-state index contributed by atoms with van der Waals surface area (Å²) in [5.74, 6) is 0.780. The Hall–Kier alpha value is -2.26. The van der Waals surface area contributed by atoms with Crippen LogP contribution in [0.3, 0.4) is 0 Å². The van der Waals surface area contributed by atoms with Crippen molar-refractivity contribution in [3.63, 3.8) is 0 Å². The number of amides is 2. The van der Waals surface area contributed by atoms with E-state index in [1.54, 1.807) is 32.1 Å². The molecule has 0 saturated heterocycles. The maximum Gasteiger partial charge on any atom is 0.328 e. The van der Waals surface area contributed by atoms with Gasteiger partial charge >= 0.3 is 12.0 Å². The molecule has 168 valence electrons. The summed E-state index contributed by atoms with van der Waals surface area (Å²) in [4.78, 5) is 30.5. The number of carboxylic acid groups (broad SMARTS) is 1. The zero-order valence-electron chi connectivity index (χ0n) is 18.1. The van der Waals surface area contributed by atoms with Gasteiger partial charge in [0, 0.05) is 24.1 Å². The number of carboxylic acids is 1. The van der Waals surface area contributed by atoms with E-state index in [1.165, 1.54) is 35.9 Å². The predicted molar refractivity (Wildman–Crippen MR) is 126 cm³/mol. The molecule has 0 atom stereocenters. The molecule has 1 saturated carbocycles. The third kappa shape index (κ3) is 6.36. The number of carbonyl (C=O) groups excluding carboxylic acids is 1. The van der Waals surface area contributed by atoms with Gasteiger partial charge in [-0.15, -0.1) is 11.8 Å². The fourth-order valence-corrected chi connectivity index (χ4v) is 5.33. The summed E-state index contributed by atoms with van der Waals surface area (Å²) in [6, 6.07) is 7.29. The van der Waals surface area contributed by atoms with Gasteiger partial charge in [-0.25, -0.2) is 9.78 Å². The Kier molecular flexibility index (Phi) is 7.83. The van der Waals surface area contributed by atoms with E-state index in [0.717, 1.165) is 22.7 Å². The van der Waals surface area contributed by atoms with E-state index in [4.69, 9.17) is 4.74 Å². The number of hydrogen-bond donors (Lipinski definition) is 2. The van der Waals surface area contributed by atoms with Crippen LogP contribution in [0.4, 0.5) is 15.6 Å². The van der Waals surface area contributed by atoms with E-state index in [9.17, 15) is 14.7 Å². The molecular formula is C22H29N3O4S2. The fraction of sp³-hybridized carbons (Fsp3) is 0.500. The van der Waals surface area contributed by atoms with Crippen LogP contribution in [0.5, 0.6) is 5.75 Å². The number of urea groups is 1. The van der Waals surface area contributed by atoms with Crippen LogP contribution in [0.15, 0.2) is 34.7 Å². The summed E-state index contributed by atoms with van der Waals surface area (Å²) in [6.07, 6.45) is 6.35. The average Bonchev–Trinajstić information content (AvgIpc) is 3.42. The second kappa shape index (κ2) is 10.4. The van der Waals surface area contributed by atoms with Gasteiger partial charge < -0.3 is 9.84 Å². The molecule has 2 amide bonds. The normalized spacial score (nSPS) is 14.4. The van der Waals surface area contributed by atoms with E-state index < -0.39 is 11.4 Å². The fourth-order valence-electron chi connectivity index (χ4n) is 3.39. The lowest BCUT2D eigenvalue weighted by Crippen LogP contribution is -2.38. The minimum atomic E-state index is -0.834. The van der Waals surface area contributed by atoms with E-state index in [0.29, 0.717) is 29.1 Å². The van der Waals surface area contributed by atoms with Crippen molar-refractivity contribution in [3.8, 4) is 5.75 Å². The maximum atomic E-state index is 13.2. The molecule has 0 bridgehead atoms. The lowest BCUT2D eigenvalue weighted by atomic mass is 9.97. The molecule has 0 aliphatic heterocycles. The Morgan fingerprint density at radius 2 is 2.10 bits per heavy atom. The largest absolute Gasteiger partial charge is 0.497 e. The van der Waals surface area contributed by atoms with E-state index in [-0.39, 0.29) is 6.03 Å². The van der Waals surface area contributed by atoms with Gasteiger partial charge in [0.2, 0.25) is 0 Å².